The number of piperidine rings is 1. The predicted octanol–water partition coefficient (Wildman–Crippen LogP) is 4.07. The zero-order chi connectivity index (χ0) is 23.9. The highest BCUT2D eigenvalue weighted by Gasteiger charge is 2.40. The van der Waals surface area contributed by atoms with Gasteiger partial charge in [-0.25, -0.2) is 14.8 Å². The van der Waals surface area contributed by atoms with Gasteiger partial charge in [0.1, 0.15) is 5.60 Å². The Balaban J connectivity index is 1.85. The van der Waals surface area contributed by atoms with Gasteiger partial charge < -0.3 is 25.4 Å². The molecule has 0 radical (unpaired) electrons. The third kappa shape index (κ3) is 5.63. The summed E-state index contributed by atoms with van der Waals surface area (Å²) in [4.78, 5) is 19.3. The van der Waals surface area contributed by atoms with E-state index in [-0.39, 0.29) is 17.1 Å². The summed E-state index contributed by atoms with van der Waals surface area (Å²) in [5.74, 6) is 0. The number of hydrogen-bond donors (Lipinski definition) is 2. The van der Waals surface area contributed by atoms with E-state index < -0.39 is 21.7 Å². The van der Waals surface area contributed by atoms with Gasteiger partial charge in [-0.2, -0.15) is 0 Å². The summed E-state index contributed by atoms with van der Waals surface area (Å²) >= 11 is 0. The number of rotatable bonds is 5. The molecule has 3 N–H and O–H groups in total. The number of nitrogens with zero attached hydrogens (tertiary/aromatic N) is 2. The van der Waals surface area contributed by atoms with Crippen LogP contribution in [0.3, 0.4) is 0 Å². The number of fused-ring (bicyclic) bond motifs is 1. The van der Waals surface area contributed by atoms with Gasteiger partial charge in [0.25, 0.3) is 0 Å². The fraction of sp³-hybridized carbons (Fsp3) is 0.750. The number of amides is 1. The highest BCUT2D eigenvalue weighted by molar-refractivity contribution is 8.33. The fourth-order valence-electron chi connectivity index (χ4n) is 4.26. The number of ether oxygens (including phenoxy) is 2. The second-order valence-corrected chi connectivity index (χ2v) is 15.9. The maximum Gasteiger partial charge on any atom is 0.408 e. The predicted molar refractivity (Wildman–Crippen MR) is 135 cm³/mol. The van der Waals surface area contributed by atoms with Gasteiger partial charge in [-0.1, -0.05) is 0 Å². The Morgan fingerprint density at radius 3 is 2.53 bits per heavy atom. The van der Waals surface area contributed by atoms with Crippen LogP contribution in [0.25, 0.3) is 0 Å². The van der Waals surface area contributed by atoms with E-state index in [1.54, 1.807) is 6.20 Å². The number of pyridine rings is 1. The second-order valence-electron chi connectivity index (χ2n) is 11.2. The molecule has 32 heavy (non-hydrogen) atoms. The molecule has 2 aliphatic rings. The third-order valence-corrected chi connectivity index (χ3v) is 9.63. The molecule has 3 rings (SSSR count). The van der Waals surface area contributed by atoms with Crippen LogP contribution < -0.4 is 16.0 Å². The molecule has 0 spiro atoms. The van der Waals surface area contributed by atoms with Crippen LogP contribution in [0.4, 0.5) is 16.2 Å². The number of aryl methyl sites for hydroxylation is 1. The third-order valence-electron chi connectivity index (χ3n) is 6.59. The number of carbonyl (C=O) groups is 1. The molecule has 1 saturated heterocycles. The van der Waals surface area contributed by atoms with Crippen molar-refractivity contribution in [3.63, 3.8) is 0 Å². The smallest absolute Gasteiger partial charge is 0.408 e. The van der Waals surface area contributed by atoms with Crippen LogP contribution in [-0.4, -0.2) is 65.6 Å². The Bertz CT molecular complexity index is 845. The molecule has 1 aromatic rings. The lowest BCUT2D eigenvalue weighted by molar-refractivity contribution is -0.0451. The van der Waals surface area contributed by atoms with Gasteiger partial charge in [0, 0.05) is 18.8 Å². The van der Waals surface area contributed by atoms with Crippen molar-refractivity contribution in [3.8, 4) is 0 Å². The van der Waals surface area contributed by atoms with Crippen LogP contribution in [0, 0.1) is 0 Å². The van der Waals surface area contributed by atoms with Crippen molar-refractivity contribution >= 4 is 27.5 Å². The van der Waals surface area contributed by atoms with E-state index in [0.29, 0.717) is 12.2 Å². The van der Waals surface area contributed by atoms with Gasteiger partial charge in [0.2, 0.25) is 0 Å². The second kappa shape index (κ2) is 8.93. The first-order valence-corrected chi connectivity index (χ1v) is 14.4. The van der Waals surface area contributed by atoms with Crippen molar-refractivity contribution in [1.82, 2.24) is 10.3 Å². The molecule has 8 heteroatoms. The largest absolute Gasteiger partial charge is 0.444 e. The summed E-state index contributed by atoms with van der Waals surface area (Å²) < 4.78 is 12.3. The normalized spacial score (nSPS) is 22.4. The maximum absolute atomic E-state index is 12.7. The number of hydrogen-bond acceptors (Lipinski definition) is 6. The number of carbonyl (C=O) groups excluding carboxylic acids is 1. The van der Waals surface area contributed by atoms with Crippen molar-refractivity contribution in [3.05, 3.63) is 17.5 Å². The topological polar surface area (TPSA) is 89.7 Å². The Labute approximate surface area is 195 Å². The van der Waals surface area contributed by atoms with Crippen molar-refractivity contribution in [2.24, 2.45) is 0 Å². The van der Waals surface area contributed by atoms with Gasteiger partial charge in [0.05, 0.1) is 34.7 Å². The lowest BCUT2D eigenvalue weighted by Crippen LogP contribution is -2.58. The molecule has 0 saturated carbocycles. The zero-order valence-electron chi connectivity index (χ0n) is 21.1. The maximum atomic E-state index is 12.7. The van der Waals surface area contributed by atoms with Crippen LogP contribution >= 0.6 is 10.0 Å². The molecule has 1 fully saturated rings. The number of nitrogens with one attached hydrogen (secondary N) is 1. The lowest BCUT2D eigenvalue weighted by atomic mass is 9.99. The van der Waals surface area contributed by atoms with Gasteiger partial charge in [-0.3, -0.25) is 4.98 Å². The van der Waals surface area contributed by atoms with Gasteiger partial charge in [0.15, 0.2) is 0 Å². The Morgan fingerprint density at radius 1 is 1.22 bits per heavy atom. The Morgan fingerprint density at radius 2 is 1.91 bits per heavy atom. The summed E-state index contributed by atoms with van der Waals surface area (Å²) in [5.41, 5.74) is 10.1. The van der Waals surface area contributed by atoms with Crippen LogP contribution in [0.15, 0.2) is 6.20 Å². The summed E-state index contributed by atoms with van der Waals surface area (Å²) in [6.45, 7) is 11.4. The van der Waals surface area contributed by atoms with E-state index in [9.17, 15) is 4.79 Å². The van der Waals surface area contributed by atoms with E-state index in [2.05, 4.69) is 47.8 Å². The number of anilines is 2. The summed E-state index contributed by atoms with van der Waals surface area (Å²) in [7, 11) is -0.971. The summed E-state index contributed by atoms with van der Waals surface area (Å²) in [6.07, 6.45) is 12.0. The monoisotopic (exact) mass is 466 g/mol. The van der Waals surface area contributed by atoms with E-state index in [1.165, 1.54) is 5.56 Å². The Kier molecular flexibility index (Phi) is 6.97. The minimum absolute atomic E-state index is 0.100. The molecular weight excluding hydrogens is 424 g/mol. The molecule has 1 amide bonds. The molecule has 0 bridgehead atoms. The SMILES string of the molecule is CC(C)(C)OC(=O)N[C@H]1CN(c2c(N)cnc3c2CCC3)CC[C@@H]1OC(C)(C)S(C)(C)C. The molecule has 0 unspecified atom stereocenters. The summed E-state index contributed by atoms with van der Waals surface area (Å²) in [6, 6.07) is -0.204. The fourth-order valence-corrected chi connectivity index (χ4v) is 4.67. The van der Waals surface area contributed by atoms with Gasteiger partial charge in [-0.15, -0.1) is 0 Å². The molecule has 2 atom stereocenters. The van der Waals surface area contributed by atoms with Crippen molar-refractivity contribution in [2.45, 2.75) is 83.0 Å². The van der Waals surface area contributed by atoms with Gasteiger partial charge in [-0.05, 0) is 84.6 Å². The molecule has 0 aromatic carbocycles. The molecule has 1 aromatic heterocycles. The average molecular weight is 467 g/mol. The molecule has 1 aliphatic heterocycles. The van der Waals surface area contributed by atoms with E-state index >= 15 is 0 Å². The van der Waals surface area contributed by atoms with Crippen LogP contribution in [0.2, 0.25) is 0 Å². The van der Waals surface area contributed by atoms with Crippen molar-refractivity contribution in [2.75, 3.05) is 42.5 Å². The standard InChI is InChI=1S/C24H42N4O3S/c1-23(2,3)31-22(29)27-19-15-28(13-12-20(19)30-24(4,5)32(6,7)8)21-16-10-9-11-18(16)26-14-17(21)25/h14,19-20H,9-13,15,25H2,1-8H3,(H,27,29)/t19-,20-/m0/s1. The first-order chi connectivity index (χ1) is 14.7. The quantitative estimate of drug-likeness (QED) is 0.680. The van der Waals surface area contributed by atoms with E-state index in [1.807, 2.05) is 20.8 Å². The minimum atomic E-state index is -0.971. The number of nitrogen functional groups attached to an aromatic ring is 1. The molecule has 2 heterocycles. The highest BCUT2D eigenvalue weighted by atomic mass is 32.3. The molecule has 1 aliphatic carbocycles. The summed E-state index contributed by atoms with van der Waals surface area (Å²) in [5, 5.41) is 3.11. The zero-order valence-corrected chi connectivity index (χ0v) is 21.9. The first-order valence-electron chi connectivity index (χ1n) is 11.5. The number of nitrogens with two attached hydrogens (primary N) is 1. The first kappa shape index (κ1) is 25.0. The van der Waals surface area contributed by atoms with E-state index in [4.69, 9.17) is 15.2 Å². The van der Waals surface area contributed by atoms with Crippen molar-refractivity contribution in [1.29, 1.82) is 0 Å². The minimum Gasteiger partial charge on any atom is -0.444 e. The lowest BCUT2D eigenvalue weighted by Gasteiger charge is -2.49. The number of alkyl carbamates (subject to hydrolysis) is 1. The van der Waals surface area contributed by atoms with Crippen molar-refractivity contribution < 1.29 is 14.3 Å². The van der Waals surface area contributed by atoms with Crippen LogP contribution in [0.1, 0.15) is 58.7 Å². The molecule has 7 nitrogen and oxygen atoms in total. The van der Waals surface area contributed by atoms with Crippen LogP contribution in [0.5, 0.6) is 0 Å². The Hall–Kier alpha value is -1.67. The van der Waals surface area contributed by atoms with E-state index in [0.717, 1.165) is 43.6 Å². The molecular formula is C24H42N4O3S. The average Bonchev–Trinajstić information content (AvgIpc) is 3.09. The number of aromatic nitrogens is 1. The van der Waals surface area contributed by atoms with Gasteiger partial charge >= 0.3 is 6.09 Å². The van der Waals surface area contributed by atoms with Crippen LogP contribution in [-0.2, 0) is 22.3 Å². The highest BCUT2D eigenvalue weighted by Crippen LogP contribution is 2.51. The molecule has 182 valence electrons.